The second-order valence-electron chi connectivity index (χ2n) is 11.5. The Morgan fingerprint density at radius 1 is 0.644 bits per heavy atom. The zero-order valence-corrected chi connectivity index (χ0v) is 27.8. The molecule has 0 aliphatic heterocycles. The molecule has 5 aromatic heterocycles. The number of aromatic nitrogens is 11. The van der Waals surface area contributed by atoms with Crippen LogP contribution in [0.2, 0.25) is 0 Å². The number of benzene rings is 1. The van der Waals surface area contributed by atoms with Gasteiger partial charge in [-0.15, -0.1) is 12.1 Å². The molecule has 5 heterocycles. The van der Waals surface area contributed by atoms with Gasteiger partial charge in [-0.2, -0.15) is 10.4 Å². The van der Waals surface area contributed by atoms with Gasteiger partial charge in [-0.25, -0.2) is 0 Å². The molecule has 11 nitrogen and oxygen atoms in total. The van der Waals surface area contributed by atoms with Crippen LogP contribution in [0.15, 0.2) is 73.2 Å². The van der Waals surface area contributed by atoms with Crippen LogP contribution in [-0.2, 0) is 30.9 Å². The van der Waals surface area contributed by atoms with Crippen LogP contribution in [0.5, 0.6) is 0 Å². The van der Waals surface area contributed by atoms with Gasteiger partial charge in [-0.1, -0.05) is 65.3 Å². The number of hydrogen-bond donors (Lipinski definition) is 0. The summed E-state index contributed by atoms with van der Waals surface area (Å²) >= 11 is 0. The second-order valence-corrected chi connectivity index (χ2v) is 11.5. The van der Waals surface area contributed by atoms with Crippen LogP contribution in [0.3, 0.4) is 0 Å². The predicted molar refractivity (Wildman–Crippen MR) is 159 cm³/mol. The SMILES string of the molecule is CC(C)(C)c1ccnc(-c2nnn[n-]2)c1.CC(C)(C)c1ccnc(-c2nnn[n-]2)c1.Fc1c[c-]c(-c2ccccn2)c(F)c1.[Ir+3]. The van der Waals surface area contributed by atoms with Gasteiger partial charge in [0.15, 0.2) is 0 Å². The Kier molecular flexibility index (Phi) is 11.9. The first kappa shape index (κ1) is 34.8. The molecule has 0 spiro atoms. The van der Waals surface area contributed by atoms with E-state index in [0.717, 1.165) is 12.1 Å². The second kappa shape index (κ2) is 15.4. The van der Waals surface area contributed by atoms with Gasteiger partial charge >= 0.3 is 20.1 Å². The fourth-order valence-corrected chi connectivity index (χ4v) is 3.68. The molecule has 6 aromatic rings. The summed E-state index contributed by atoms with van der Waals surface area (Å²) in [5.74, 6) is -0.340. The third-order valence-electron chi connectivity index (χ3n) is 6.13. The number of pyridine rings is 3. The smallest absolute Gasteiger partial charge is 0.329 e. The third kappa shape index (κ3) is 9.91. The van der Waals surface area contributed by atoms with Crippen LogP contribution in [0.1, 0.15) is 52.7 Å². The maximum atomic E-state index is 13.2. The van der Waals surface area contributed by atoms with Crippen LogP contribution >= 0.6 is 0 Å². The summed E-state index contributed by atoms with van der Waals surface area (Å²) in [6.07, 6.45) is 5.06. The molecule has 0 amide bonds. The number of halogens is 2. The maximum absolute atomic E-state index is 13.2. The van der Waals surface area contributed by atoms with Crippen LogP contribution in [-0.4, -0.2) is 46.0 Å². The molecular weight excluding hydrogens is 757 g/mol. The van der Waals surface area contributed by atoms with Crippen molar-refractivity contribution in [3.05, 3.63) is 102 Å². The van der Waals surface area contributed by atoms with Gasteiger partial charge in [0.25, 0.3) is 0 Å². The Morgan fingerprint density at radius 3 is 1.56 bits per heavy atom. The zero-order chi connectivity index (χ0) is 31.7. The van der Waals surface area contributed by atoms with E-state index in [-0.39, 0.29) is 36.5 Å². The Bertz CT molecular complexity index is 1660. The van der Waals surface area contributed by atoms with Crippen molar-refractivity contribution in [3.8, 4) is 34.3 Å². The molecule has 0 bridgehead atoms. The van der Waals surface area contributed by atoms with Gasteiger partial charge in [-0.05, 0) is 58.0 Å². The van der Waals surface area contributed by atoms with Crippen molar-refractivity contribution in [2.45, 2.75) is 52.4 Å². The Balaban J connectivity index is 0.000000182. The maximum Gasteiger partial charge on any atom is 3.00 e. The molecule has 232 valence electrons. The molecular formula is C31H30F2IrN11. The van der Waals surface area contributed by atoms with E-state index in [2.05, 4.69) is 104 Å². The molecule has 0 N–H and O–H groups in total. The van der Waals surface area contributed by atoms with Gasteiger partial charge < -0.3 is 15.2 Å². The normalized spacial score (nSPS) is 10.9. The molecule has 1 aromatic carbocycles. The molecule has 6 rings (SSSR count). The first-order chi connectivity index (χ1) is 20.9. The standard InChI is InChI=1S/C11H6F2N.2C10H12N5.Ir/c12-8-4-5-9(10(13)7-8)11-3-1-2-6-14-11;2*1-10(2,3)7-4-5-11-8(6-7)9-12-14-15-13-9;/h1-4,6-7H;2*4-6H,1-3H3;/q3*-1;+3. The summed E-state index contributed by atoms with van der Waals surface area (Å²) in [6.45, 7) is 12.9. The van der Waals surface area contributed by atoms with Gasteiger partial charge in [0, 0.05) is 30.2 Å². The van der Waals surface area contributed by atoms with E-state index in [1.54, 1.807) is 36.8 Å². The quantitative estimate of drug-likeness (QED) is 0.219. The summed E-state index contributed by atoms with van der Waals surface area (Å²) < 4.78 is 25.8. The molecule has 14 heteroatoms. The van der Waals surface area contributed by atoms with Crippen molar-refractivity contribution in [1.82, 2.24) is 56.2 Å². The summed E-state index contributed by atoms with van der Waals surface area (Å²) in [4.78, 5) is 12.3. The number of nitrogens with zero attached hydrogens (tertiary/aromatic N) is 11. The largest absolute Gasteiger partial charge is 3.00 e. The van der Waals surface area contributed by atoms with Gasteiger partial charge in [0.1, 0.15) is 0 Å². The first-order valence-electron chi connectivity index (χ1n) is 13.5. The Hall–Kier alpha value is -4.68. The van der Waals surface area contributed by atoms with Crippen LogP contribution < -0.4 is 10.2 Å². The van der Waals surface area contributed by atoms with Crippen LogP contribution in [0, 0.1) is 17.7 Å². The average Bonchev–Trinajstić information content (AvgIpc) is 3.73. The molecule has 45 heavy (non-hydrogen) atoms. The molecule has 0 fully saturated rings. The average molecular weight is 787 g/mol. The molecule has 0 aliphatic carbocycles. The Labute approximate surface area is 273 Å². The van der Waals surface area contributed by atoms with Gasteiger partial charge in [0.2, 0.25) is 0 Å². The molecule has 0 aliphatic rings. The fourth-order valence-electron chi connectivity index (χ4n) is 3.68. The number of hydrogen-bond acceptors (Lipinski definition) is 9. The summed E-state index contributed by atoms with van der Waals surface area (Å²) in [5.41, 5.74) is 4.63. The topological polar surface area (TPSA) is 144 Å². The van der Waals surface area contributed by atoms with Crippen molar-refractivity contribution >= 4 is 0 Å². The van der Waals surface area contributed by atoms with Crippen molar-refractivity contribution in [2.24, 2.45) is 0 Å². The summed E-state index contributed by atoms with van der Waals surface area (Å²) in [6, 6.07) is 17.5. The van der Waals surface area contributed by atoms with Crippen molar-refractivity contribution < 1.29 is 28.9 Å². The van der Waals surface area contributed by atoms with Crippen molar-refractivity contribution in [2.75, 3.05) is 0 Å². The Morgan fingerprint density at radius 2 is 1.16 bits per heavy atom. The van der Waals surface area contributed by atoms with E-state index in [9.17, 15) is 8.78 Å². The van der Waals surface area contributed by atoms with E-state index < -0.39 is 11.6 Å². The monoisotopic (exact) mass is 787 g/mol. The van der Waals surface area contributed by atoms with E-state index in [0.29, 0.717) is 28.7 Å². The molecule has 0 unspecified atom stereocenters. The summed E-state index contributed by atoms with van der Waals surface area (Å²) in [7, 11) is 0. The van der Waals surface area contributed by atoms with Crippen LogP contribution in [0.25, 0.3) is 34.3 Å². The minimum absolute atomic E-state index is 0. The van der Waals surface area contributed by atoms with Crippen molar-refractivity contribution in [1.29, 1.82) is 0 Å². The van der Waals surface area contributed by atoms with Gasteiger partial charge in [-0.3, -0.25) is 39.4 Å². The summed E-state index contributed by atoms with van der Waals surface area (Å²) in [5, 5.41) is 28.9. The fraction of sp³-hybridized carbons (Fsp3) is 0.258. The van der Waals surface area contributed by atoms with E-state index in [4.69, 9.17) is 0 Å². The van der Waals surface area contributed by atoms with Crippen LogP contribution in [0.4, 0.5) is 8.78 Å². The van der Waals surface area contributed by atoms with Crippen molar-refractivity contribution in [3.63, 3.8) is 0 Å². The zero-order valence-electron chi connectivity index (χ0n) is 25.4. The molecule has 0 saturated heterocycles. The number of tetrazole rings is 2. The van der Waals surface area contributed by atoms with Gasteiger partial charge in [0.05, 0.1) is 23.0 Å². The molecule has 0 saturated carbocycles. The predicted octanol–water partition coefficient (Wildman–Crippen LogP) is 5.20. The molecule has 0 radical (unpaired) electrons. The van der Waals surface area contributed by atoms with E-state index >= 15 is 0 Å². The minimum Gasteiger partial charge on any atom is -0.329 e. The third-order valence-corrected chi connectivity index (χ3v) is 6.13. The minimum atomic E-state index is -0.649. The van der Waals surface area contributed by atoms with E-state index in [1.165, 1.54) is 11.1 Å². The van der Waals surface area contributed by atoms with E-state index in [1.807, 2.05) is 24.3 Å². The number of rotatable bonds is 3. The first-order valence-corrected chi connectivity index (χ1v) is 13.5. The molecule has 0 atom stereocenters.